The molecule has 3 aliphatic rings. The van der Waals surface area contributed by atoms with E-state index >= 15 is 0 Å². The van der Waals surface area contributed by atoms with E-state index in [1.54, 1.807) is 0 Å². The van der Waals surface area contributed by atoms with Gasteiger partial charge in [0.15, 0.2) is 0 Å². The van der Waals surface area contributed by atoms with E-state index in [2.05, 4.69) is 15.5 Å². The van der Waals surface area contributed by atoms with Gasteiger partial charge >= 0.3 is 0 Å². The summed E-state index contributed by atoms with van der Waals surface area (Å²) in [6.07, 6.45) is 6.72. The van der Waals surface area contributed by atoms with Crippen LogP contribution in [0.5, 0.6) is 0 Å². The molecule has 0 aromatic heterocycles. The zero-order chi connectivity index (χ0) is 11.9. The van der Waals surface area contributed by atoms with Gasteiger partial charge in [0.25, 0.3) is 0 Å². The Bertz CT molecular complexity index is 195. The summed E-state index contributed by atoms with van der Waals surface area (Å²) >= 11 is 0. The number of nitrogens with zero attached hydrogens (tertiary/aromatic N) is 1. The Balaban J connectivity index is 0.000000153. The number of aliphatic hydroxyl groups is 1. The van der Waals surface area contributed by atoms with Crippen LogP contribution in [0.2, 0.25) is 0 Å². The Morgan fingerprint density at radius 1 is 0.882 bits per heavy atom. The Morgan fingerprint density at radius 3 is 2.06 bits per heavy atom. The number of nitrogens with one attached hydrogen (secondary N) is 2. The largest absolute Gasteiger partial charge is 0.392 e. The van der Waals surface area contributed by atoms with Gasteiger partial charge in [-0.25, -0.2) is 0 Å². The lowest BCUT2D eigenvalue weighted by molar-refractivity contribution is 0.175. The number of aliphatic hydroxyl groups excluding tert-OH is 1. The summed E-state index contributed by atoms with van der Waals surface area (Å²) in [6.45, 7) is 6.75. The van der Waals surface area contributed by atoms with Crippen molar-refractivity contribution in [1.29, 1.82) is 0 Å². The smallest absolute Gasteiger partial charge is 0.0676 e. The topological polar surface area (TPSA) is 47.5 Å². The summed E-state index contributed by atoms with van der Waals surface area (Å²) in [5.41, 5.74) is 0. The molecule has 0 radical (unpaired) electrons. The fourth-order valence-electron chi connectivity index (χ4n) is 2.96. The lowest BCUT2D eigenvalue weighted by Gasteiger charge is -2.32. The molecule has 1 unspecified atom stereocenters. The van der Waals surface area contributed by atoms with E-state index in [1.807, 2.05) is 0 Å². The van der Waals surface area contributed by atoms with Crippen molar-refractivity contribution in [2.24, 2.45) is 0 Å². The minimum atomic E-state index is -0.0648. The predicted octanol–water partition coefficient (Wildman–Crippen LogP) is 0.175. The maximum atomic E-state index is 8.67. The third-order valence-electron chi connectivity index (χ3n) is 4.03. The Hall–Kier alpha value is -0.160. The van der Waals surface area contributed by atoms with Crippen LogP contribution in [0.15, 0.2) is 0 Å². The van der Waals surface area contributed by atoms with Gasteiger partial charge < -0.3 is 15.7 Å². The molecule has 3 rings (SSSR count). The fraction of sp³-hybridized carbons (Fsp3) is 1.00. The van der Waals surface area contributed by atoms with Crippen LogP contribution in [0.25, 0.3) is 0 Å². The van der Waals surface area contributed by atoms with E-state index in [0.29, 0.717) is 0 Å². The molecule has 1 atom stereocenters. The molecule has 3 N–H and O–H groups in total. The highest BCUT2D eigenvalue weighted by Crippen LogP contribution is 2.23. The van der Waals surface area contributed by atoms with Gasteiger partial charge in [0, 0.05) is 38.8 Å². The molecule has 0 aromatic carbocycles. The highest BCUT2D eigenvalue weighted by molar-refractivity contribution is 4.80. The summed E-state index contributed by atoms with van der Waals surface area (Å²) in [6, 6.07) is 0.942. The third kappa shape index (κ3) is 4.54. The molecule has 100 valence electrons. The van der Waals surface area contributed by atoms with Gasteiger partial charge in [0.2, 0.25) is 0 Å². The van der Waals surface area contributed by atoms with Crippen LogP contribution in [-0.4, -0.2) is 61.4 Å². The number of hydrogen-bond acceptors (Lipinski definition) is 4. The molecular weight excluding hydrogens is 214 g/mol. The minimum Gasteiger partial charge on any atom is -0.392 e. The van der Waals surface area contributed by atoms with Crippen LogP contribution in [-0.2, 0) is 0 Å². The summed E-state index contributed by atoms with van der Waals surface area (Å²) in [7, 11) is 0. The van der Waals surface area contributed by atoms with Crippen LogP contribution in [0.1, 0.15) is 32.1 Å². The first-order valence-corrected chi connectivity index (χ1v) is 7.20. The molecule has 17 heavy (non-hydrogen) atoms. The van der Waals surface area contributed by atoms with Crippen molar-refractivity contribution in [3.63, 3.8) is 0 Å². The summed E-state index contributed by atoms with van der Waals surface area (Å²) in [5, 5.41) is 15.1. The number of β-amino-alcohol motifs (C(OH)–C–C–N with tert-alkyl or cyclic N) is 1. The fourth-order valence-corrected chi connectivity index (χ4v) is 2.96. The van der Waals surface area contributed by atoms with Gasteiger partial charge in [-0.15, -0.1) is 0 Å². The first-order chi connectivity index (χ1) is 8.36. The van der Waals surface area contributed by atoms with Gasteiger partial charge in [-0.1, -0.05) is 12.8 Å². The van der Waals surface area contributed by atoms with Crippen molar-refractivity contribution in [1.82, 2.24) is 15.5 Å². The molecule has 2 saturated heterocycles. The molecule has 0 aromatic rings. The summed E-state index contributed by atoms with van der Waals surface area (Å²) in [5.74, 6) is 0. The van der Waals surface area contributed by atoms with Gasteiger partial charge in [-0.05, 0) is 25.8 Å². The van der Waals surface area contributed by atoms with Gasteiger partial charge in [-0.2, -0.15) is 0 Å². The monoisotopic (exact) mass is 241 g/mol. The Morgan fingerprint density at radius 2 is 1.59 bits per heavy atom. The van der Waals surface area contributed by atoms with Crippen LogP contribution in [0.4, 0.5) is 0 Å². The van der Waals surface area contributed by atoms with Gasteiger partial charge in [-0.3, -0.25) is 4.90 Å². The molecule has 0 bridgehead atoms. The molecule has 4 nitrogen and oxygen atoms in total. The van der Waals surface area contributed by atoms with E-state index in [1.165, 1.54) is 51.9 Å². The second-order valence-corrected chi connectivity index (χ2v) is 5.37. The SMILES string of the molecule is C1CCC(N2CCNCC2)C1.OC1CCNC1. The second-order valence-electron chi connectivity index (χ2n) is 5.37. The van der Waals surface area contributed by atoms with Crippen molar-refractivity contribution in [2.45, 2.75) is 44.2 Å². The van der Waals surface area contributed by atoms with Crippen molar-refractivity contribution < 1.29 is 5.11 Å². The minimum absolute atomic E-state index is 0.0648. The van der Waals surface area contributed by atoms with Crippen molar-refractivity contribution >= 4 is 0 Å². The van der Waals surface area contributed by atoms with Crippen molar-refractivity contribution in [3.8, 4) is 0 Å². The maximum absolute atomic E-state index is 8.67. The molecule has 0 amide bonds. The number of rotatable bonds is 1. The molecule has 0 spiro atoms. The summed E-state index contributed by atoms with van der Waals surface area (Å²) in [4.78, 5) is 2.67. The molecule has 1 saturated carbocycles. The normalized spacial score (nSPS) is 31.2. The van der Waals surface area contributed by atoms with E-state index in [4.69, 9.17) is 5.11 Å². The van der Waals surface area contributed by atoms with Crippen molar-refractivity contribution in [2.75, 3.05) is 39.3 Å². The molecule has 1 aliphatic carbocycles. The molecule has 4 heteroatoms. The van der Waals surface area contributed by atoms with E-state index in [9.17, 15) is 0 Å². The average molecular weight is 241 g/mol. The van der Waals surface area contributed by atoms with Crippen LogP contribution in [0.3, 0.4) is 0 Å². The van der Waals surface area contributed by atoms with Crippen molar-refractivity contribution in [3.05, 3.63) is 0 Å². The van der Waals surface area contributed by atoms with Gasteiger partial charge in [0.05, 0.1) is 6.10 Å². The highest BCUT2D eigenvalue weighted by Gasteiger charge is 2.22. The third-order valence-corrected chi connectivity index (χ3v) is 4.03. The average Bonchev–Trinajstić information content (AvgIpc) is 3.03. The van der Waals surface area contributed by atoms with Gasteiger partial charge in [0.1, 0.15) is 0 Å². The zero-order valence-corrected chi connectivity index (χ0v) is 10.8. The molecule has 3 fully saturated rings. The van der Waals surface area contributed by atoms with Crippen LogP contribution in [0, 0.1) is 0 Å². The first kappa shape index (κ1) is 13.3. The van der Waals surface area contributed by atoms with E-state index in [0.717, 1.165) is 25.6 Å². The number of hydrogen-bond donors (Lipinski definition) is 3. The Labute approximate surface area is 105 Å². The van der Waals surface area contributed by atoms with E-state index < -0.39 is 0 Å². The maximum Gasteiger partial charge on any atom is 0.0676 e. The number of piperazine rings is 1. The second kappa shape index (κ2) is 7.31. The van der Waals surface area contributed by atoms with Crippen LogP contribution >= 0.6 is 0 Å². The summed E-state index contributed by atoms with van der Waals surface area (Å²) < 4.78 is 0. The Kier molecular flexibility index (Phi) is 5.71. The quantitative estimate of drug-likeness (QED) is 0.613. The van der Waals surface area contributed by atoms with Crippen LogP contribution < -0.4 is 10.6 Å². The lowest BCUT2D eigenvalue weighted by atomic mass is 10.2. The molecule has 2 heterocycles. The predicted molar refractivity (Wildman–Crippen MR) is 70.2 cm³/mol. The molecule has 2 aliphatic heterocycles. The molecular formula is C13H27N3O. The first-order valence-electron chi connectivity index (χ1n) is 7.20. The standard InChI is InChI=1S/C9H18N2.C4H9NO/c1-2-4-9(3-1)11-7-5-10-6-8-11;6-4-1-2-5-3-4/h9-10H,1-8H2;4-6H,1-3H2. The lowest BCUT2D eigenvalue weighted by Crippen LogP contribution is -2.47. The highest BCUT2D eigenvalue weighted by atomic mass is 16.3. The van der Waals surface area contributed by atoms with E-state index in [-0.39, 0.29) is 6.10 Å². The zero-order valence-electron chi connectivity index (χ0n) is 10.8.